The molecule has 1 heterocycles. The molecule has 1 aliphatic heterocycles. The van der Waals surface area contributed by atoms with Gasteiger partial charge in [-0.15, -0.1) is 13.0 Å². The third-order valence-corrected chi connectivity index (χ3v) is 5.15. The molecule has 0 saturated carbocycles. The fourth-order valence-corrected chi connectivity index (χ4v) is 3.70. The van der Waals surface area contributed by atoms with Crippen LogP contribution in [0.2, 0.25) is 0 Å². The molecule has 0 saturated heterocycles. The zero-order valence-corrected chi connectivity index (χ0v) is 17.0. The molecule has 0 aliphatic carbocycles. The van der Waals surface area contributed by atoms with Crippen molar-refractivity contribution in [2.45, 2.75) is 25.6 Å². The molecule has 0 fully saturated rings. The summed E-state index contributed by atoms with van der Waals surface area (Å²) in [4.78, 5) is 4.43. The van der Waals surface area contributed by atoms with E-state index < -0.39 is 6.10 Å². The lowest BCUT2D eigenvalue weighted by Crippen LogP contribution is -2.38. The van der Waals surface area contributed by atoms with Crippen molar-refractivity contribution in [2.75, 3.05) is 32.8 Å². The Balaban J connectivity index is 1.44. The molecule has 2 aromatic carbocycles. The minimum Gasteiger partial charge on any atom is -0.491 e. The first kappa shape index (κ1) is 21.1. The molecule has 0 amide bonds. The van der Waals surface area contributed by atoms with Gasteiger partial charge in [0, 0.05) is 32.7 Å². The zero-order valence-electron chi connectivity index (χ0n) is 17.0. The van der Waals surface area contributed by atoms with Crippen LogP contribution in [0.25, 0.3) is 0 Å². The van der Waals surface area contributed by atoms with Crippen molar-refractivity contribution in [1.29, 1.82) is 0 Å². The molecule has 1 N–H and O–H groups in total. The highest BCUT2D eigenvalue weighted by atomic mass is 16.5. The van der Waals surface area contributed by atoms with E-state index in [1.54, 1.807) is 0 Å². The summed E-state index contributed by atoms with van der Waals surface area (Å²) in [5, 5.41) is 10.4. The average molecular weight is 391 g/mol. The van der Waals surface area contributed by atoms with Gasteiger partial charge < -0.3 is 9.84 Å². The first-order chi connectivity index (χ1) is 14.2. The minimum atomic E-state index is -0.515. The van der Waals surface area contributed by atoms with Gasteiger partial charge in [0.1, 0.15) is 18.5 Å². The Kier molecular flexibility index (Phi) is 7.89. The van der Waals surface area contributed by atoms with Gasteiger partial charge in [-0.2, -0.15) is 0 Å². The average Bonchev–Trinajstić information content (AvgIpc) is 2.73. The number of aliphatic hydroxyl groups is 1. The number of rotatable bonds is 10. The highest BCUT2D eigenvalue weighted by Gasteiger charge is 2.18. The van der Waals surface area contributed by atoms with Crippen molar-refractivity contribution >= 4 is 0 Å². The Labute approximate surface area is 174 Å². The third-order valence-electron chi connectivity index (χ3n) is 5.15. The smallest absolute Gasteiger partial charge is 0.119 e. The van der Waals surface area contributed by atoms with Crippen LogP contribution in [0.3, 0.4) is 0 Å². The number of fused-ring (bicyclic) bond motifs is 1. The van der Waals surface area contributed by atoms with E-state index in [-0.39, 0.29) is 6.61 Å². The van der Waals surface area contributed by atoms with Gasteiger partial charge >= 0.3 is 0 Å². The Hall–Kier alpha value is -2.58. The number of hydrogen-bond acceptors (Lipinski definition) is 4. The van der Waals surface area contributed by atoms with E-state index in [2.05, 4.69) is 46.6 Å². The number of β-amino-alcohol motifs (C(OH)–C–C–N with tert-alkyl or cyclic N) is 1. The largest absolute Gasteiger partial charge is 0.491 e. The highest BCUT2D eigenvalue weighted by Crippen LogP contribution is 2.19. The Morgan fingerprint density at radius 1 is 1.21 bits per heavy atom. The molecule has 3 rings (SSSR count). The Morgan fingerprint density at radius 3 is 2.69 bits per heavy atom. The van der Waals surface area contributed by atoms with Gasteiger partial charge in [-0.1, -0.05) is 48.4 Å². The van der Waals surface area contributed by atoms with Crippen LogP contribution in [0.4, 0.5) is 0 Å². The number of nitrogens with zero attached hydrogens (tertiary/aromatic N) is 2. The quantitative estimate of drug-likeness (QED) is 0.500. The van der Waals surface area contributed by atoms with Crippen LogP contribution >= 0.6 is 0 Å². The van der Waals surface area contributed by atoms with E-state index in [0.717, 1.165) is 38.3 Å². The van der Waals surface area contributed by atoms with Crippen LogP contribution in [-0.4, -0.2) is 53.8 Å². The van der Waals surface area contributed by atoms with Gasteiger partial charge in [-0.3, -0.25) is 9.80 Å². The van der Waals surface area contributed by atoms with Crippen molar-refractivity contribution in [3.05, 3.63) is 77.9 Å². The molecule has 1 aliphatic rings. The topological polar surface area (TPSA) is 35.9 Å². The first-order valence-electron chi connectivity index (χ1n) is 10.1. The lowest BCUT2D eigenvalue weighted by Gasteiger charge is -2.30. The highest BCUT2D eigenvalue weighted by molar-refractivity contribution is 5.29. The van der Waals surface area contributed by atoms with Crippen LogP contribution in [0, 0.1) is 12.3 Å². The molecule has 4 nitrogen and oxygen atoms in total. The van der Waals surface area contributed by atoms with E-state index >= 15 is 0 Å². The second kappa shape index (κ2) is 10.8. The third kappa shape index (κ3) is 6.47. The van der Waals surface area contributed by atoms with Crippen molar-refractivity contribution in [3.63, 3.8) is 0 Å². The molecular weight excluding hydrogens is 360 g/mol. The van der Waals surface area contributed by atoms with Crippen LogP contribution in [-0.2, 0) is 19.5 Å². The van der Waals surface area contributed by atoms with Gasteiger partial charge in [-0.05, 0) is 35.2 Å². The first-order valence-corrected chi connectivity index (χ1v) is 10.1. The predicted octanol–water partition coefficient (Wildman–Crippen LogP) is 3.11. The molecule has 1 atom stereocenters. The molecule has 0 spiro atoms. The van der Waals surface area contributed by atoms with Crippen LogP contribution in [0.1, 0.15) is 16.7 Å². The molecule has 0 radical (unpaired) electrons. The number of aliphatic hydroxyl groups excluding tert-OH is 1. The summed E-state index contributed by atoms with van der Waals surface area (Å²) in [6, 6.07) is 16.5. The summed E-state index contributed by atoms with van der Waals surface area (Å²) < 4.78 is 5.79. The monoisotopic (exact) mass is 390 g/mol. The Bertz CT molecular complexity index is 825. The Morgan fingerprint density at radius 2 is 1.97 bits per heavy atom. The van der Waals surface area contributed by atoms with Crippen molar-refractivity contribution < 1.29 is 9.84 Å². The zero-order chi connectivity index (χ0) is 20.5. The van der Waals surface area contributed by atoms with Crippen LogP contribution in [0.15, 0.2) is 61.2 Å². The second-order valence-electron chi connectivity index (χ2n) is 7.53. The summed E-state index contributed by atoms with van der Waals surface area (Å²) in [7, 11) is 0. The van der Waals surface area contributed by atoms with E-state index in [4.69, 9.17) is 11.2 Å². The van der Waals surface area contributed by atoms with Crippen molar-refractivity contribution in [3.8, 4) is 18.1 Å². The molecule has 152 valence electrons. The fourth-order valence-electron chi connectivity index (χ4n) is 3.70. The number of ether oxygens (including phenoxy) is 1. The lowest BCUT2D eigenvalue weighted by atomic mass is 10.00. The molecule has 0 aromatic heterocycles. The van der Waals surface area contributed by atoms with Crippen LogP contribution in [0.5, 0.6) is 5.75 Å². The van der Waals surface area contributed by atoms with Gasteiger partial charge in [0.15, 0.2) is 0 Å². The number of terminal acetylenes is 1. The van der Waals surface area contributed by atoms with E-state index in [1.807, 2.05) is 30.3 Å². The summed E-state index contributed by atoms with van der Waals surface area (Å²) in [6.07, 6.45) is 7.80. The molecule has 1 unspecified atom stereocenters. The van der Waals surface area contributed by atoms with E-state index in [0.29, 0.717) is 13.1 Å². The molecule has 4 heteroatoms. The standard InChI is InChI=1S/C25H30N2O2/c1-3-14-26(15-4-2)17-21-9-11-25(12-10-21)29-20-24(28)19-27-16-13-22-7-5-6-8-23(22)18-27/h1,4-12,24,28H,2,13-20H2. The van der Waals surface area contributed by atoms with E-state index in [9.17, 15) is 5.11 Å². The molecule has 0 bridgehead atoms. The summed E-state index contributed by atoms with van der Waals surface area (Å²) in [5.74, 6) is 3.45. The molecule has 2 aromatic rings. The molecule has 29 heavy (non-hydrogen) atoms. The van der Waals surface area contributed by atoms with Gasteiger partial charge in [0.05, 0.1) is 6.54 Å². The number of hydrogen-bond donors (Lipinski definition) is 1. The fraction of sp³-hybridized carbons (Fsp3) is 0.360. The summed E-state index contributed by atoms with van der Waals surface area (Å²) in [6.45, 7) is 8.67. The van der Waals surface area contributed by atoms with Gasteiger partial charge in [-0.25, -0.2) is 0 Å². The predicted molar refractivity (Wildman–Crippen MR) is 118 cm³/mol. The van der Waals surface area contributed by atoms with Gasteiger partial charge in [0.2, 0.25) is 0 Å². The summed E-state index contributed by atoms with van der Waals surface area (Å²) in [5.41, 5.74) is 3.95. The lowest BCUT2D eigenvalue weighted by molar-refractivity contribution is 0.0638. The van der Waals surface area contributed by atoms with Crippen molar-refractivity contribution in [2.24, 2.45) is 0 Å². The number of benzene rings is 2. The normalized spacial score (nSPS) is 14.8. The SMILES string of the molecule is C#CCN(CC=C)Cc1ccc(OCC(O)CN2CCc3ccccc3C2)cc1. The maximum atomic E-state index is 10.4. The van der Waals surface area contributed by atoms with Crippen LogP contribution < -0.4 is 4.74 Å². The van der Waals surface area contributed by atoms with E-state index in [1.165, 1.54) is 16.7 Å². The van der Waals surface area contributed by atoms with Gasteiger partial charge in [0.25, 0.3) is 0 Å². The molecular formula is C25H30N2O2. The maximum Gasteiger partial charge on any atom is 0.119 e. The maximum absolute atomic E-state index is 10.4. The summed E-state index contributed by atoms with van der Waals surface area (Å²) >= 11 is 0. The van der Waals surface area contributed by atoms with Crippen molar-refractivity contribution in [1.82, 2.24) is 9.80 Å². The minimum absolute atomic E-state index is 0.289. The second-order valence-corrected chi connectivity index (χ2v) is 7.53.